The summed E-state index contributed by atoms with van der Waals surface area (Å²) in [6, 6.07) is 12.9. The predicted molar refractivity (Wildman–Crippen MR) is 71.3 cm³/mol. The van der Waals surface area contributed by atoms with Gasteiger partial charge in [0.05, 0.1) is 0 Å². The molecule has 20 heavy (non-hydrogen) atoms. The molecule has 0 heterocycles. The molecule has 6 heteroatoms. The molecule has 0 aliphatic carbocycles. The highest BCUT2D eigenvalue weighted by atomic mass is 19.4. The summed E-state index contributed by atoms with van der Waals surface area (Å²) in [5.74, 6) is -0.248. The zero-order valence-electron chi connectivity index (χ0n) is 10.4. The van der Waals surface area contributed by atoms with Gasteiger partial charge in [0.15, 0.2) is 0 Å². The average Bonchev–Trinajstić information content (AvgIpc) is 2.38. The van der Waals surface area contributed by atoms with Crippen molar-refractivity contribution in [1.29, 1.82) is 0 Å². The molecule has 2 aromatic carbocycles. The van der Waals surface area contributed by atoms with Gasteiger partial charge in [-0.15, -0.1) is 13.2 Å². The van der Waals surface area contributed by atoms with Crippen molar-refractivity contribution in [3.05, 3.63) is 54.1 Å². The van der Waals surface area contributed by atoms with Crippen LogP contribution in [0.25, 0.3) is 0 Å². The van der Waals surface area contributed by atoms with E-state index < -0.39 is 6.36 Å². The van der Waals surface area contributed by atoms with E-state index in [2.05, 4.69) is 10.1 Å². The fourth-order valence-electron chi connectivity index (χ4n) is 1.67. The lowest BCUT2D eigenvalue weighted by Crippen LogP contribution is -2.17. The standard InChI is InChI=1S/C14H13F3N2O/c15-14(16,17)20-12-7-5-11(6-8-12)19-9-10-3-1-2-4-13(10)18/h1-8,19H,9,18H2. The second-order valence-corrected chi connectivity index (χ2v) is 4.12. The molecule has 0 bridgehead atoms. The van der Waals surface area contributed by atoms with Gasteiger partial charge in [0.25, 0.3) is 0 Å². The highest BCUT2D eigenvalue weighted by molar-refractivity contribution is 5.51. The third-order valence-electron chi connectivity index (χ3n) is 2.63. The molecule has 0 saturated carbocycles. The largest absolute Gasteiger partial charge is 0.573 e. The van der Waals surface area contributed by atoms with Crippen molar-refractivity contribution in [1.82, 2.24) is 0 Å². The molecular formula is C14H13F3N2O. The van der Waals surface area contributed by atoms with Gasteiger partial charge in [-0.25, -0.2) is 0 Å². The van der Waals surface area contributed by atoms with Crippen molar-refractivity contribution in [2.45, 2.75) is 12.9 Å². The maximum atomic E-state index is 12.0. The molecule has 0 spiro atoms. The third-order valence-corrected chi connectivity index (χ3v) is 2.63. The number of hydrogen-bond donors (Lipinski definition) is 2. The van der Waals surface area contributed by atoms with Crippen LogP contribution in [-0.4, -0.2) is 6.36 Å². The number of alkyl halides is 3. The van der Waals surface area contributed by atoms with Crippen molar-refractivity contribution in [3.63, 3.8) is 0 Å². The summed E-state index contributed by atoms with van der Waals surface area (Å²) in [5.41, 5.74) is 8.06. The van der Waals surface area contributed by atoms with Crippen LogP contribution < -0.4 is 15.8 Å². The molecule has 0 unspecified atom stereocenters. The fraction of sp³-hybridized carbons (Fsp3) is 0.143. The zero-order chi connectivity index (χ0) is 14.6. The summed E-state index contributed by atoms with van der Waals surface area (Å²) in [5, 5.41) is 3.08. The van der Waals surface area contributed by atoms with E-state index in [0.29, 0.717) is 17.9 Å². The Bertz CT molecular complexity index is 567. The Morgan fingerprint density at radius 2 is 1.65 bits per heavy atom. The quantitative estimate of drug-likeness (QED) is 0.839. The second-order valence-electron chi connectivity index (χ2n) is 4.12. The average molecular weight is 282 g/mol. The Kier molecular flexibility index (Phi) is 4.02. The first-order valence-corrected chi connectivity index (χ1v) is 5.87. The van der Waals surface area contributed by atoms with Crippen LogP contribution in [-0.2, 0) is 6.54 Å². The minimum absolute atomic E-state index is 0.248. The lowest BCUT2D eigenvalue weighted by Gasteiger charge is -2.11. The molecule has 2 aromatic rings. The van der Waals surface area contributed by atoms with E-state index in [1.807, 2.05) is 18.2 Å². The topological polar surface area (TPSA) is 47.3 Å². The van der Waals surface area contributed by atoms with Crippen LogP contribution in [0.4, 0.5) is 24.5 Å². The van der Waals surface area contributed by atoms with Crippen molar-refractivity contribution in [3.8, 4) is 5.75 Å². The number of para-hydroxylation sites is 1. The summed E-state index contributed by atoms with van der Waals surface area (Å²) in [7, 11) is 0. The number of nitrogen functional groups attached to an aromatic ring is 1. The van der Waals surface area contributed by atoms with Gasteiger partial charge in [-0.1, -0.05) is 18.2 Å². The SMILES string of the molecule is Nc1ccccc1CNc1ccc(OC(F)(F)F)cc1. The van der Waals surface area contributed by atoms with E-state index in [4.69, 9.17) is 5.73 Å². The first-order valence-electron chi connectivity index (χ1n) is 5.87. The Morgan fingerprint density at radius 1 is 1.00 bits per heavy atom. The number of anilines is 2. The molecule has 0 fully saturated rings. The lowest BCUT2D eigenvalue weighted by molar-refractivity contribution is -0.274. The first-order chi connectivity index (χ1) is 9.44. The maximum Gasteiger partial charge on any atom is 0.573 e. The van der Waals surface area contributed by atoms with Crippen molar-refractivity contribution < 1.29 is 17.9 Å². The molecule has 3 N–H and O–H groups in total. The lowest BCUT2D eigenvalue weighted by atomic mass is 10.2. The van der Waals surface area contributed by atoms with Gasteiger partial charge in [0.2, 0.25) is 0 Å². The van der Waals surface area contributed by atoms with Crippen LogP contribution in [0, 0.1) is 0 Å². The van der Waals surface area contributed by atoms with Gasteiger partial charge >= 0.3 is 6.36 Å². The van der Waals surface area contributed by atoms with Gasteiger partial charge in [0.1, 0.15) is 5.75 Å². The van der Waals surface area contributed by atoms with Gasteiger partial charge in [-0.2, -0.15) is 0 Å². The highest BCUT2D eigenvalue weighted by Crippen LogP contribution is 2.24. The molecule has 0 aliphatic rings. The fourth-order valence-corrected chi connectivity index (χ4v) is 1.67. The zero-order valence-corrected chi connectivity index (χ0v) is 10.4. The number of halogens is 3. The smallest absolute Gasteiger partial charge is 0.406 e. The second kappa shape index (κ2) is 5.73. The Morgan fingerprint density at radius 3 is 2.25 bits per heavy atom. The van der Waals surface area contributed by atoms with E-state index in [9.17, 15) is 13.2 Å². The van der Waals surface area contributed by atoms with Crippen LogP contribution in [0.2, 0.25) is 0 Å². The predicted octanol–water partition coefficient (Wildman–Crippen LogP) is 3.78. The Labute approximate surface area is 114 Å². The van der Waals surface area contributed by atoms with Crippen molar-refractivity contribution in [2.24, 2.45) is 0 Å². The number of rotatable bonds is 4. The third kappa shape index (κ3) is 4.08. The molecule has 0 saturated heterocycles. The number of hydrogen-bond acceptors (Lipinski definition) is 3. The summed E-state index contributed by atoms with van der Waals surface area (Å²) in [4.78, 5) is 0. The van der Waals surface area contributed by atoms with Gasteiger partial charge in [-0.3, -0.25) is 0 Å². The minimum Gasteiger partial charge on any atom is -0.406 e. The Hall–Kier alpha value is -2.37. The molecule has 0 amide bonds. The van der Waals surface area contributed by atoms with Crippen molar-refractivity contribution >= 4 is 11.4 Å². The monoisotopic (exact) mass is 282 g/mol. The molecule has 2 rings (SSSR count). The molecular weight excluding hydrogens is 269 g/mol. The van der Waals surface area contributed by atoms with Crippen LogP contribution in [0.3, 0.4) is 0 Å². The van der Waals surface area contributed by atoms with Crippen LogP contribution >= 0.6 is 0 Å². The molecule has 0 radical (unpaired) electrons. The highest BCUT2D eigenvalue weighted by Gasteiger charge is 2.30. The molecule has 106 valence electrons. The van der Waals surface area contributed by atoms with Gasteiger partial charge in [0, 0.05) is 17.9 Å². The van der Waals surface area contributed by atoms with E-state index in [1.54, 1.807) is 6.07 Å². The summed E-state index contributed by atoms with van der Waals surface area (Å²) in [6.45, 7) is 0.492. The van der Waals surface area contributed by atoms with Crippen LogP contribution in [0.15, 0.2) is 48.5 Å². The van der Waals surface area contributed by atoms with E-state index >= 15 is 0 Å². The molecule has 0 aromatic heterocycles. The van der Waals surface area contributed by atoms with E-state index in [-0.39, 0.29) is 5.75 Å². The normalized spacial score (nSPS) is 11.2. The van der Waals surface area contributed by atoms with E-state index in [1.165, 1.54) is 24.3 Å². The summed E-state index contributed by atoms with van der Waals surface area (Å²) < 4.78 is 39.8. The number of nitrogens with one attached hydrogen (secondary N) is 1. The first kappa shape index (κ1) is 14.0. The summed E-state index contributed by atoms with van der Waals surface area (Å²) in [6.07, 6.45) is -4.67. The maximum absolute atomic E-state index is 12.0. The molecule has 3 nitrogen and oxygen atoms in total. The summed E-state index contributed by atoms with van der Waals surface area (Å²) >= 11 is 0. The number of ether oxygens (including phenoxy) is 1. The molecule has 0 aliphatic heterocycles. The molecule has 0 atom stereocenters. The van der Waals surface area contributed by atoms with Crippen LogP contribution in [0.1, 0.15) is 5.56 Å². The van der Waals surface area contributed by atoms with Gasteiger partial charge < -0.3 is 15.8 Å². The Balaban J connectivity index is 1.96. The number of benzene rings is 2. The van der Waals surface area contributed by atoms with Crippen molar-refractivity contribution in [2.75, 3.05) is 11.1 Å². The van der Waals surface area contributed by atoms with Crippen LogP contribution in [0.5, 0.6) is 5.75 Å². The minimum atomic E-state index is -4.67. The number of nitrogens with two attached hydrogens (primary N) is 1. The van der Waals surface area contributed by atoms with Gasteiger partial charge in [-0.05, 0) is 35.9 Å². The van der Waals surface area contributed by atoms with E-state index in [0.717, 1.165) is 5.56 Å².